The summed E-state index contributed by atoms with van der Waals surface area (Å²) in [5.74, 6) is -0.494. The highest BCUT2D eigenvalue weighted by Gasteiger charge is 2.37. The molecule has 7 nitrogen and oxygen atoms in total. The van der Waals surface area contributed by atoms with Crippen molar-refractivity contribution in [3.8, 4) is 5.75 Å². The molecule has 2 aliphatic rings. The highest BCUT2D eigenvalue weighted by molar-refractivity contribution is 9.10. The minimum Gasteiger partial charge on any atom is -0.480 e. The van der Waals surface area contributed by atoms with Crippen LogP contribution in [-0.4, -0.2) is 48.0 Å². The Kier molecular flexibility index (Phi) is 5.87. The summed E-state index contributed by atoms with van der Waals surface area (Å²) in [6.07, 6.45) is 0.903. The fraction of sp³-hybridized carbons (Fsp3) is 0.318. The van der Waals surface area contributed by atoms with E-state index in [1.54, 1.807) is 25.1 Å². The van der Waals surface area contributed by atoms with E-state index in [9.17, 15) is 14.4 Å². The van der Waals surface area contributed by atoms with Crippen molar-refractivity contribution in [1.29, 1.82) is 0 Å². The lowest BCUT2D eigenvalue weighted by molar-refractivity contribution is -0.122. The van der Waals surface area contributed by atoms with Crippen molar-refractivity contribution in [2.24, 2.45) is 0 Å². The average molecular weight is 473 g/mol. The second kappa shape index (κ2) is 8.57. The van der Waals surface area contributed by atoms with Crippen LogP contribution < -0.4 is 10.1 Å². The van der Waals surface area contributed by atoms with E-state index >= 15 is 0 Å². The maximum Gasteiger partial charge on any atom is 0.265 e. The monoisotopic (exact) mass is 472 g/mol. The second-order valence-corrected chi connectivity index (χ2v) is 8.15. The van der Waals surface area contributed by atoms with Gasteiger partial charge in [-0.3, -0.25) is 19.3 Å². The molecule has 4 rings (SSSR count). The van der Waals surface area contributed by atoms with Crippen molar-refractivity contribution < 1.29 is 23.9 Å². The van der Waals surface area contributed by atoms with Crippen LogP contribution in [0.1, 0.15) is 40.5 Å². The van der Waals surface area contributed by atoms with E-state index in [2.05, 4.69) is 21.2 Å². The Morgan fingerprint density at radius 2 is 2.00 bits per heavy atom. The number of carbonyl (C=O) groups excluding carboxylic acids is 3. The number of benzene rings is 2. The number of rotatable bonds is 6. The minimum absolute atomic E-state index is 0.110. The lowest BCUT2D eigenvalue weighted by Gasteiger charge is -2.17. The summed E-state index contributed by atoms with van der Waals surface area (Å²) < 4.78 is 12.0. The number of nitrogens with zero attached hydrogens (tertiary/aromatic N) is 1. The van der Waals surface area contributed by atoms with Crippen molar-refractivity contribution in [2.75, 3.05) is 18.5 Å². The number of imide groups is 1. The SMILES string of the molecule is CC(Oc1ccccc1Br)C(=O)Nc1ccc2c(c1)C(=O)N(CC1CCCO1)C2=O. The highest BCUT2D eigenvalue weighted by atomic mass is 79.9. The summed E-state index contributed by atoms with van der Waals surface area (Å²) >= 11 is 3.38. The van der Waals surface area contributed by atoms with E-state index in [4.69, 9.17) is 9.47 Å². The molecule has 2 aromatic carbocycles. The summed E-state index contributed by atoms with van der Waals surface area (Å²) in [5, 5.41) is 2.75. The van der Waals surface area contributed by atoms with Gasteiger partial charge in [0, 0.05) is 12.3 Å². The second-order valence-electron chi connectivity index (χ2n) is 7.30. The van der Waals surface area contributed by atoms with Crippen molar-refractivity contribution in [3.05, 3.63) is 58.1 Å². The molecule has 156 valence electrons. The molecule has 0 aromatic heterocycles. The van der Waals surface area contributed by atoms with Gasteiger partial charge in [0.05, 0.1) is 28.2 Å². The fourth-order valence-corrected chi connectivity index (χ4v) is 3.93. The van der Waals surface area contributed by atoms with E-state index in [0.29, 0.717) is 23.6 Å². The Hall–Kier alpha value is -2.71. The molecular formula is C22H21BrN2O5. The number of halogens is 1. The summed E-state index contributed by atoms with van der Waals surface area (Å²) in [7, 11) is 0. The van der Waals surface area contributed by atoms with E-state index in [1.807, 2.05) is 18.2 Å². The van der Waals surface area contributed by atoms with Gasteiger partial charge in [0.2, 0.25) is 0 Å². The Labute approximate surface area is 182 Å². The normalized spacial score (nSPS) is 19.0. The van der Waals surface area contributed by atoms with Gasteiger partial charge in [-0.05, 0) is 66.0 Å². The zero-order valence-corrected chi connectivity index (χ0v) is 18.0. The van der Waals surface area contributed by atoms with Gasteiger partial charge in [-0.25, -0.2) is 0 Å². The van der Waals surface area contributed by atoms with Crippen LogP contribution in [-0.2, 0) is 9.53 Å². The van der Waals surface area contributed by atoms with Gasteiger partial charge in [0.25, 0.3) is 17.7 Å². The lowest BCUT2D eigenvalue weighted by atomic mass is 10.1. The molecular weight excluding hydrogens is 452 g/mol. The molecule has 3 amide bonds. The lowest BCUT2D eigenvalue weighted by Crippen LogP contribution is -2.36. The van der Waals surface area contributed by atoms with Crippen molar-refractivity contribution in [2.45, 2.75) is 32.0 Å². The zero-order valence-electron chi connectivity index (χ0n) is 16.4. The largest absolute Gasteiger partial charge is 0.480 e. The third kappa shape index (κ3) is 4.11. The molecule has 2 heterocycles. The summed E-state index contributed by atoms with van der Waals surface area (Å²) in [6, 6.07) is 12.0. The maximum absolute atomic E-state index is 12.8. The fourth-order valence-electron chi connectivity index (χ4n) is 3.55. The van der Waals surface area contributed by atoms with Crippen LogP contribution in [0.3, 0.4) is 0 Å². The molecule has 0 spiro atoms. The van der Waals surface area contributed by atoms with Gasteiger partial charge in [-0.2, -0.15) is 0 Å². The predicted octanol–water partition coefficient (Wildman–Crippen LogP) is 3.63. The molecule has 0 aliphatic carbocycles. The molecule has 0 radical (unpaired) electrons. The number of anilines is 1. The van der Waals surface area contributed by atoms with Crippen molar-refractivity contribution >= 4 is 39.3 Å². The van der Waals surface area contributed by atoms with Crippen LogP contribution in [0.2, 0.25) is 0 Å². The van der Waals surface area contributed by atoms with Crippen LogP contribution in [0.15, 0.2) is 46.9 Å². The number of fused-ring (bicyclic) bond motifs is 1. The van der Waals surface area contributed by atoms with Crippen molar-refractivity contribution in [3.63, 3.8) is 0 Å². The molecule has 2 aliphatic heterocycles. The van der Waals surface area contributed by atoms with Crippen LogP contribution in [0, 0.1) is 0 Å². The molecule has 2 aromatic rings. The first-order chi connectivity index (χ1) is 14.4. The van der Waals surface area contributed by atoms with E-state index in [0.717, 1.165) is 17.3 Å². The summed E-state index contributed by atoms with van der Waals surface area (Å²) in [4.78, 5) is 39.1. The Bertz CT molecular complexity index is 1000. The third-order valence-corrected chi connectivity index (χ3v) is 5.81. The van der Waals surface area contributed by atoms with Gasteiger partial charge >= 0.3 is 0 Å². The molecule has 8 heteroatoms. The smallest absolute Gasteiger partial charge is 0.265 e. The van der Waals surface area contributed by atoms with Crippen LogP contribution in [0.4, 0.5) is 5.69 Å². The van der Waals surface area contributed by atoms with Gasteiger partial charge in [-0.15, -0.1) is 0 Å². The van der Waals surface area contributed by atoms with E-state index in [-0.39, 0.29) is 35.9 Å². The standard InChI is InChI=1S/C22H21BrN2O5/c1-13(30-19-7-3-2-6-18(19)23)20(26)24-14-8-9-16-17(11-14)22(28)25(21(16)27)12-15-5-4-10-29-15/h2-3,6-9,11,13,15H,4-5,10,12H2,1H3,(H,24,26). The number of hydrogen-bond acceptors (Lipinski definition) is 5. The Morgan fingerprint density at radius 1 is 1.23 bits per heavy atom. The molecule has 1 N–H and O–H groups in total. The summed E-state index contributed by atoms with van der Waals surface area (Å²) in [6.45, 7) is 2.55. The van der Waals surface area contributed by atoms with Gasteiger partial charge < -0.3 is 14.8 Å². The molecule has 1 saturated heterocycles. The number of ether oxygens (including phenoxy) is 2. The number of amides is 3. The minimum atomic E-state index is -0.759. The molecule has 2 unspecified atom stereocenters. The van der Waals surface area contributed by atoms with Gasteiger partial charge in [-0.1, -0.05) is 12.1 Å². The van der Waals surface area contributed by atoms with E-state index in [1.165, 1.54) is 11.0 Å². The van der Waals surface area contributed by atoms with Crippen LogP contribution >= 0.6 is 15.9 Å². The third-order valence-electron chi connectivity index (χ3n) is 5.16. The first kappa shape index (κ1) is 20.6. The van der Waals surface area contributed by atoms with Crippen molar-refractivity contribution in [1.82, 2.24) is 4.90 Å². The predicted molar refractivity (Wildman–Crippen MR) is 114 cm³/mol. The zero-order chi connectivity index (χ0) is 21.3. The maximum atomic E-state index is 12.8. The molecule has 2 atom stereocenters. The average Bonchev–Trinajstić information content (AvgIpc) is 3.33. The molecule has 0 bridgehead atoms. The Balaban J connectivity index is 1.44. The van der Waals surface area contributed by atoms with Gasteiger partial charge in [0.15, 0.2) is 6.10 Å². The number of hydrogen-bond donors (Lipinski definition) is 1. The number of carbonyl (C=O) groups is 3. The quantitative estimate of drug-likeness (QED) is 0.648. The molecule has 0 saturated carbocycles. The molecule has 1 fully saturated rings. The highest BCUT2D eigenvalue weighted by Crippen LogP contribution is 2.28. The van der Waals surface area contributed by atoms with Crippen LogP contribution in [0.5, 0.6) is 5.75 Å². The van der Waals surface area contributed by atoms with Crippen LogP contribution in [0.25, 0.3) is 0 Å². The van der Waals surface area contributed by atoms with E-state index < -0.39 is 6.10 Å². The Morgan fingerprint density at radius 3 is 2.73 bits per heavy atom. The first-order valence-corrected chi connectivity index (χ1v) is 10.6. The molecule has 30 heavy (non-hydrogen) atoms. The summed E-state index contributed by atoms with van der Waals surface area (Å²) in [5.41, 5.74) is 1.06. The number of para-hydroxylation sites is 1. The topological polar surface area (TPSA) is 84.9 Å². The first-order valence-electron chi connectivity index (χ1n) is 9.78. The van der Waals surface area contributed by atoms with Gasteiger partial charge in [0.1, 0.15) is 5.75 Å². The number of nitrogens with one attached hydrogen (secondary N) is 1.